The lowest BCUT2D eigenvalue weighted by atomic mass is 10.2. The topological polar surface area (TPSA) is 55.0 Å². The van der Waals surface area contributed by atoms with Gasteiger partial charge in [-0.1, -0.05) is 13.8 Å². The molecule has 1 heterocycles. The average molecular weight is 182 g/mol. The van der Waals surface area contributed by atoms with Crippen molar-refractivity contribution in [3.8, 4) is 5.88 Å². The molecule has 0 spiro atoms. The molecule has 0 unspecified atom stereocenters. The molecule has 4 nitrogen and oxygen atoms in total. The fraction of sp³-hybridized carbons (Fsp3) is 0.556. The van der Waals surface area contributed by atoms with Crippen molar-refractivity contribution in [3.63, 3.8) is 0 Å². The van der Waals surface area contributed by atoms with E-state index in [2.05, 4.69) is 9.97 Å². The van der Waals surface area contributed by atoms with Crippen LogP contribution in [-0.2, 0) is 0 Å². The van der Waals surface area contributed by atoms with Crippen molar-refractivity contribution in [2.24, 2.45) is 0 Å². The quantitative estimate of drug-likeness (QED) is 0.764. The molecule has 0 atom stereocenters. The molecule has 72 valence electrons. The van der Waals surface area contributed by atoms with Gasteiger partial charge in [0.1, 0.15) is 6.10 Å². The van der Waals surface area contributed by atoms with Gasteiger partial charge < -0.3 is 9.72 Å². The molecule has 0 radical (unpaired) electrons. The minimum Gasteiger partial charge on any atom is -0.470 e. The van der Waals surface area contributed by atoms with Crippen molar-refractivity contribution in [1.29, 1.82) is 0 Å². The van der Waals surface area contributed by atoms with E-state index in [1.54, 1.807) is 0 Å². The van der Waals surface area contributed by atoms with Crippen LogP contribution >= 0.6 is 0 Å². The summed E-state index contributed by atoms with van der Waals surface area (Å²) in [5.74, 6) is 0.163. The zero-order valence-electron chi connectivity index (χ0n) is 7.91. The maximum absolute atomic E-state index is 11.1. The zero-order chi connectivity index (χ0) is 9.68. The Balaban J connectivity index is 2.73. The largest absolute Gasteiger partial charge is 0.470 e. The van der Waals surface area contributed by atoms with Gasteiger partial charge in [0, 0.05) is 12.4 Å². The van der Waals surface area contributed by atoms with E-state index in [0.29, 0.717) is 0 Å². The minimum atomic E-state index is -0.269. The molecule has 0 aliphatic rings. The molecule has 0 aliphatic heterocycles. The Hall–Kier alpha value is -1.32. The predicted octanol–water partition coefficient (Wildman–Crippen LogP) is 1.34. The number of hydrogen-bond donors (Lipinski definition) is 1. The summed E-state index contributed by atoms with van der Waals surface area (Å²) in [5, 5.41) is 0. The van der Waals surface area contributed by atoms with Gasteiger partial charge in [0.2, 0.25) is 0 Å². The van der Waals surface area contributed by atoms with Crippen LogP contribution in [0.15, 0.2) is 17.2 Å². The second-order valence-electron chi connectivity index (χ2n) is 2.78. The monoisotopic (exact) mass is 182 g/mol. The Morgan fingerprint density at radius 3 is 2.77 bits per heavy atom. The minimum absolute atomic E-state index is 0.0796. The van der Waals surface area contributed by atoms with Crippen molar-refractivity contribution in [1.82, 2.24) is 9.97 Å². The van der Waals surface area contributed by atoms with Gasteiger partial charge in [-0.05, 0) is 12.8 Å². The van der Waals surface area contributed by atoms with E-state index in [0.717, 1.165) is 12.8 Å². The smallest absolute Gasteiger partial charge is 0.310 e. The molecule has 0 saturated carbocycles. The third-order valence-corrected chi connectivity index (χ3v) is 1.86. The fourth-order valence-corrected chi connectivity index (χ4v) is 1.04. The van der Waals surface area contributed by atoms with Crippen LogP contribution in [0.5, 0.6) is 5.88 Å². The molecule has 4 heteroatoms. The summed E-state index contributed by atoms with van der Waals surface area (Å²) in [6.45, 7) is 4.04. The van der Waals surface area contributed by atoms with Crippen LogP contribution < -0.4 is 10.3 Å². The van der Waals surface area contributed by atoms with E-state index < -0.39 is 0 Å². The summed E-state index contributed by atoms with van der Waals surface area (Å²) in [5.41, 5.74) is -0.269. The van der Waals surface area contributed by atoms with Gasteiger partial charge in [-0.15, -0.1) is 0 Å². The van der Waals surface area contributed by atoms with Gasteiger partial charge in [0.25, 0.3) is 5.88 Å². The van der Waals surface area contributed by atoms with E-state index in [9.17, 15) is 4.79 Å². The Morgan fingerprint density at radius 2 is 2.23 bits per heavy atom. The standard InChI is InChI=1S/C9H14N2O2/c1-3-7(4-2)13-9-8(12)10-5-6-11-9/h5-7H,3-4H2,1-2H3,(H,10,12). The molecular weight excluding hydrogens is 168 g/mol. The molecule has 0 aliphatic carbocycles. The fourth-order valence-electron chi connectivity index (χ4n) is 1.04. The molecule has 13 heavy (non-hydrogen) atoms. The molecule has 0 fully saturated rings. The molecule has 1 rings (SSSR count). The maximum atomic E-state index is 11.1. The van der Waals surface area contributed by atoms with Crippen LogP contribution in [0.2, 0.25) is 0 Å². The van der Waals surface area contributed by atoms with E-state index in [1.165, 1.54) is 12.4 Å². The Labute approximate surface area is 77.0 Å². The summed E-state index contributed by atoms with van der Waals surface area (Å²) in [7, 11) is 0. The summed E-state index contributed by atoms with van der Waals surface area (Å²) >= 11 is 0. The lowest BCUT2D eigenvalue weighted by Gasteiger charge is -2.12. The van der Waals surface area contributed by atoms with Gasteiger partial charge in [-0.25, -0.2) is 4.98 Å². The van der Waals surface area contributed by atoms with Crippen molar-refractivity contribution in [3.05, 3.63) is 22.7 Å². The van der Waals surface area contributed by atoms with Crippen LogP contribution in [0.25, 0.3) is 0 Å². The lowest BCUT2D eigenvalue weighted by Crippen LogP contribution is -2.20. The predicted molar refractivity (Wildman–Crippen MR) is 49.9 cm³/mol. The highest BCUT2D eigenvalue weighted by atomic mass is 16.5. The molecular formula is C9H14N2O2. The van der Waals surface area contributed by atoms with Crippen molar-refractivity contribution < 1.29 is 4.74 Å². The summed E-state index contributed by atoms with van der Waals surface area (Å²) < 4.78 is 5.39. The summed E-state index contributed by atoms with van der Waals surface area (Å²) in [6.07, 6.45) is 4.84. The van der Waals surface area contributed by atoms with Gasteiger partial charge in [0.05, 0.1) is 0 Å². The lowest BCUT2D eigenvalue weighted by molar-refractivity contribution is 0.182. The number of rotatable bonds is 4. The molecule has 0 bridgehead atoms. The van der Waals surface area contributed by atoms with Crippen molar-refractivity contribution >= 4 is 0 Å². The SMILES string of the molecule is CCC(CC)Oc1ncc[nH]c1=O. The number of aromatic amines is 1. The van der Waals surface area contributed by atoms with Crippen LogP contribution in [0, 0.1) is 0 Å². The molecule has 1 N–H and O–H groups in total. The van der Waals surface area contributed by atoms with Crippen LogP contribution in [0.3, 0.4) is 0 Å². The highest BCUT2D eigenvalue weighted by Crippen LogP contribution is 2.05. The Morgan fingerprint density at radius 1 is 1.54 bits per heavy atom. The first kappa shape index (κ1) is 9.77. The number of hydrogen-bond acceptors (Lipinski definition) is 3. The maximum Gasteiger partial charge on any atom is 0.310 e. The van der Waals surface area contributed by atoms with E-state index in [1.807, 2.05) is 13.8 Å². The van der Waals surface area contributed by atoms with Crippen LogP contribution in [0.4, 0.5) is 0 Å². The molecule has 0 aromatic carbocycles. The molecule has 1 aromatic rings. The van der Waals surface area contributed by atoms with Crippen molar-refractivity contribution in [2.75, 3.05) is 0 Å². The molecule has 1 aromatic heterocycles. The van der Waals surface area contributed by atoms with Crippen LogP contribution in [-0.4, -0.2) is 16.1 Å². The first-order chi connectivity index (χ1) is 6.27. The van der Waals surface area contributed by atoms with Crippen molar-refractivity contribution in [2.45, 2.75) is 32.8 Å². The number of aromatic nitrogens is 2. The van der Waals surface area contributed by atoms with E-state index >= 15 is 0 Å². The third-order valence-electron chi connectivity index (χ3n) is 1.86. The Kier molecular flexibility index (Phi) is 3.49. The number of nitrogens with one attached hydrogen (secondary N) is 1. The number of ether oxygens (including phenoxy) is 1. The molecule has 0 saturated heterocycles. The third kappa shape index (κ3) is 2.57. The number of nitrogens with zero attached hydrogens (tertiary/aromatic N) is 1. The highest BCUT2D eigenvalue weighted by Gasteiger charge is 2.08. The van der Waals surface area contributed by atoms with E-state index in [4.69, 9.17) is 4.74 Å². The Bertz CT molecular complexity index is 304. The second kappa shape index (κ2) is 4.64. The zero-order valence-corrected chi connectivity index (χ0v) is 7.91. The van der Waals surface area contributed by atoms with E-state index in [-0.39, 0.29) is 17.5 Å². The highest BCUT2D eigenvalue weighted by molar-refractivity contribution is 5.02. The van der Waals surface area contributed by atoms with Gasteiger partial charge in [-0.3, -0.25) is 4.79 Å². The van der Waals surface area contributed by atoms with Gasteiger partial charge >= 0.3 is 5.56 Å². The summed E-state index contributed by atoms with van der Waals surface area (Å²) in [6, 6.07) is 0. The van der Waals surface area contributed by atoms with Gasteiger partial charge in [-0.2, -0.15) is 0 Å². The van der Waals surface area contributed by atoms with Gasteiger partial charge in [0.15, 0.2) is 0 Å². The first-order valence-corrected chi connectivity index (χ1v) is 4.48. The second-order valence-corrected chi connectivity index (χ2v) is 2.78. The normalized spacial score (nSPS) is 10.4. The average Bonchev–Trinajstić information content (AvgIpc) is 2.17. The first-order valence-electron chi connectivity index (χ1n) is 4.48. The molecule has 0 amide bonds. The summed E-state index contributed by atoms with van der Waals surface area (Å²) in [4.78, 5) is 17.5. The number of H-pyrrole nitrogens is 1. The van der Waals surface area contributed by atoms with Crippen LogP contribution in [0.1, 0.15) is 26.7 Å².